The number of nitrogens with zero attached hydrogens (tertiary/aromatic N) is 21. The van der Waals surface area contributed by atoms with Crippen molar-refractivity contribution in [3.05, 3.63) is 139 Å². The lowest BCUT2D eigenvalue weighted by molar-refractivity contribution is -0.0675. The van der Waals surface area contributed by atoms with Crippen LogP contribution < -0.4 is 51.3 Å². The summed E-state index contributed by atoms with van der Waals surface area (Å²) in [5, 5.41) is 42.9. The van der Waals surface area contributed by atoms with Crippen molar-refractivity contribution in [2.24, 2.45) is 0 Å². The highest BCUT2D eigenvalue weighted by atomic mass is 31.2. The predicted octanol–water partition coefficient (Wildman–Crippen LogP) is -3.23. The molecular formula is C72H94N27O38P5. The number of methoxy groups -OCH3 is 5. The maximum Gasteiger partial charge on any atom is 0.472 e. The lowest BCUT2D eigenvalue weighted by atomic mass is 10.1. The van der Waals surface area contributed by atoms with Gasteiger partial charge >= 0.3 is 56.2 Å². The van der Waals surface area contributed by atoms with Crippen LogP contribution >= 0.6 is 39.1 Å². The normalized spacial score (nSPS) is 30.1. The number of nitrogens with two attached hydrogens (primary N) is 5. The van der Waals surface area contributed by atoms with Crippen molar-refractivity contribution in [2.45, 2.75) is 175 Å². The number of nitrogen functional groups attached to an aromatic ring is 5. The Bertz CT molecular complexity index is 7030. The Hall–Kier alpha value is -10.5. The van der Waals surface area contributed by atoms with Crippen LogP contribution in [0.2, 0.25) is 0 Å². The first-order valence-corrected chi connectivity index (χ1v) is 49.7. The second kappa shape index (κ2) is 40.8. The number of H-pyrrole nitrogens is 1. The zero-order chi connectivity index (χ0) is 102. The van der Waals surface area contributed by atoms with Crippen molar-refractivity contribution in [3.8, 4) is 11.8 Å². The molecule has 142 heavy (non-hydrogen) atoms. The van der Waals surface area contributed by atoms with E-state index in [0.717, 1.165) is 91.3 Å². The molecule has 19 N–H and O–H groups in total. The minimum atomic E-state index is -5.90. The van der Waals surface area contributed by atoms with Gasteiger partial charge < -0.3 is 121 Å². The van der Waals surface area contributed by atoms with Gasteiger partial charge in [0.15, 0.2) is 77.0 Å². The topological polar surface area (TPSA) is 862 Å². The molecule has 11 aromatic heterocycles. The average molecular weight is 2100 g/mol. The molecule has 6 fully saturated rings. The van der Waals surface area contributed by atoms with Crippen LogP contribution in [-0.4, -0.2) is 332 Å². The molecule has 17 heterocycles. The lowest BCUT2D eigenvalue weighted by Crippen LogP contribution is -2.40. The van der Waals surface area contributed by atoms with Gasteiger partial charge in [0.1, 0.15) is 139 Å². The van der Waals surface area contributed by atoms with Crippen LogP contribution in [0.15, 0.2) is 93.4 Å². The third kappa shape index (κ3) is 20.8. The Labute approximate surface area is 794 Å². The predicted molar refractivity (Wildman–Crippen MR) is 469 cm³/mol. The number of rotatable bonds is 39. The molecule has 770 valence electrons. The minimum Gasteiger partial charge on any atom is -0.394 e. The molecular weight excluding hydrogens is 2010 g/mol. The summed E-state index contributed by atoms with van der Waals surface area (Å²) in [6.45, 7) is 0.233. The van der Waals surface area contributed by atoms with Crippen molar-refractivity contribution >= 4 is 102 Å². The smallest absolute Gasteiger partial charge is 0.394 e. The van der Waals surface area contributed by atoms with Gasteiger partial charge in [0.25, 0.3) is 11.5 Å². The van der Waals surface area contributed by atoms with Gasteiger partial charge in [0, 0.05) is 65.5 Å². The molecule has 29 atom stereocenters. The van der Waals surface area contributed by atoms with E-state index >= 15 is 0 Å². The van der Waals surface area contributed by atoms with Crippen molar-refractivity contribution < 1.29 is 160 Å². The zero-order valence-corrected chi connectivity index (χ0v) is 79.8. The molecule has 70 heteroatoms. The summed E-state index contributed by atoms with van der Waals surface area (Å²) < 4.78 is 205. The quantitative estimate of drug-likeness (QED) is 0.0168. The highest BCUT2D eigenvalue weighted by Crippen LogP contribution is 2.58. The number of phosphoric ester groups is 5. The fourth-order valence-electron chi connectivity index (χ4n) is 17.1. The summed E-state index contributed by atoms with van der Waals surface area (Å²) in [5.74, 6) is -1.07. The number of nitrogens with one attached hydrogen (secondary N) is 1. The first-order chi connectivity index (χ1) is 67.4. The number of hydrogen-bond donors (Lipinski definition) is 14. The number of ether oxygens (including phenoxy) is 11. The Morgan fingerprint density at radius 3 is 1.11 bits per heavy atom. The third-order valence-electron chi connectivity index (χ3n) is 23.4. The summed E-state index contributed by atoms with van der Waals surface area (Å²) in [6.07, 6.45) is -34.9. The van der Waals surface area contributed by atoms with Crippen molar-refractivity contribution in [3.63, 3.8) is 0 Å². The molecule has 6 aliphatic heterocycles. The average Bonchev–Trinajstić information content (AvgIpc) is 1.60. The van der Waals surface area contributed by atoms with Gasteiger partial charge in [-0.05, 0) is 58.0 Å². The number of hydrogen-bond acceptors (Lipinski definition) is 51. The molecule has 0 aromatic carbocycles. The molecule has 0 saturated carbocycles. The standard InChI is InChI=1S/C72H94N27O38P5/c1-28-16-30(3)98(90-28)60-42-58(87-69(88-60)99-31(4)17-29(2)91-99)96(26-81-42)62-45(102)44(101)33(128-62)19-122-138(107,108)134-47-34(129-64(52(47)118-6)93-14-11-39(74)84-71(93)105)20-124-141(113,114)136-49-36(131-66(54(49)120-8)95-25-80-41-56(76)78-24-79-57(41)95)22-126-140(111,112)135-48-35(130-65(53(48)119-7)94-15-12-40(75)85-72(94)106)21-125-142(115,116)137-50-37(132-67(55(50)121-9)97-27-82-43-59(97)86-68(77)89-61(43)103)23-123-139(109,110)133-46-32(18-100)127-63(51(46)117-5)92-13-10-38(73)83-70(92)104/h10-17,24-27,32-37,44-55,62-67,100-102H,18-23H2,1-9H3,(H,107,108)(H,109,110)(H,111,112)(H,113,114)(H,115,116)(H2,73,83,104)(H2,74,84,105)(H2,75,85,106)(H2,76,78,79)(H3,77,86,89,103)/t32-,33-,34-,35-,36-,37-,44-,45-,46-,47-,48-,49-,50-,51-,52-,53-,54-,55-,62-,63-,64-,65-,66-,67-/m1/s1. The van der Waals surface area contributed by atoms with Crippen molar-refractivity contribution in [1.82, 2.24) is 107 Å². The van der Waals surface area contributed by atoms with E-state index in [1.165, 1.54) is 43.2 Å². The lowest BCUT2D eigenvalue weighted by Gasteiger charge is -2.28. The van der Waals surface area contributed by atoms with Crippen LogP contribution in [-0.2, 0) is 120 Å². The molecule has 0 spiro atoms. The maximum atomic E-state index is 15.0. The van der Waals surface area contributed by atoms with Crippen molar-refractivity contribution in [2.75, 3.05) is 104 Å². The van der Waals surface area contributed by atoms with Crippen LogP contribution in [0.1, 0.15) is 60.1 Å². The number of imidazole rings is 3. The molecule has 0 bridgehead atoms. The van der Waals surface area contributed by atoms with E-state index in [0.29, 0.717) is 22.8 Å². The number of phosphoric acid groups is 5. The van der Waals surface area contributed by atoms with Gasteiger partial charge in [-0.1, -0.05) is 0 Å². The van der Waals surface area contributed by atoms with E-state index in [4.69, 9.17) is 136 Å². The van der Waals surface area contributed by atoms with E-state index < -0.39 is 255 Å². The van der Waals surface area contributed by atoms with E-state index in [2.05, 4.69) is 60.0 Å². The number of fused-ring (bicyclic) bond motifs is 3. The van der Waals surface area contributed by atoms with E-state index in [1.807, 2.05) is 0 Å². The Kier molecular flexibility index (Phi) is 29.6. The minimum absolute atomic E-state index is 0.0193. The number of aliphatic hydroxyl groups excluding tert-OH is 3. The Balaban J connectivity index is 0.613. The number of aryl methyl sites for hydroxylation is 4. The van der Waals surface area contributed by atoms with Crippen LogP contribution in [0.25, 0.3) is 45.3 Å². The first kappa shape index (κ1) is 103. The van der Waals surface area contributed by atoms with Crippen LogP contribution in [0.4, 0.5) is 29.2 Å². The number of aromatic nitrogens is 22. The highest BCUT2D eigenvalue weighted by molar-refractivity contribution is 7.48. The van der Waals surface area contributed by atoms with E-state index in [-0.39, 0.29) is 68.5 Å². The Morgan fingerprint density at radius 1 is 0.387 bits per heavy atom. The Morgan fingerprint density at radius 2 is 0.725 bits per heavy atom. The summed E-state index contributed by atoms with van der Waals surface area (Å²) >= 11 is 0. The number of anilines is 5. The molecule has 6 saturated heterocycles. The number of aromatic amines is 1. The molecule has 65 nitrogen and oxygen atoms in total. The van der Waals surface area contributed by atoms with Crippen LogP contribution in [0.3, 0.4) is 0 Å². The van der Waals surface area contributed by atoms with Gasteiger partial charge in [-0.25, -0.2) is 71.5 Å². The van der Waals surface area contributed by atoms with Gasteiger partial charge in [0.2, 0.25) is 5.95 Å². The first-order valence-electron chi connectivity index (χ1n) is 42.2. The van der Waals surface area contributed by atoms with Crippen LogP contribution in [0, 0.1) is 27.7 Å². The van der Waals surface area contributed by atoms with Gasteiger partial charge in [0.05, 0.1) is 70.0 Å². The molecule has 6 aliphatic rings. The van der Waals surface area contributed by atoms with Gasteiger partial charge in [-0.3, -0.25) is 82.4 Å². The fraction of sp³-hybridized carbons (Fsp3) is 0.542. The van der Waals surface area contributed by atoms with E-state index in [9.17, 15) is 81.8 Å². The van der Waals surface area contributed by atoms with Crippen molar-refractivity contribution in [1.29, 1.82) is 0 Å². The van der Waals surface area contributed by atoms with E-state index in [1.54, 1.807) is 39.8 Å². The molecule has 17 rings (SSSR count). The summed E-state index contributed by atoms with van der Waals surface area (Å²) in [4.78, 5) is 161. The SMILES string of the molecule is CO[C@@H]1[C@H](OP(=O)(O)OC[C@H]2O[C@@H](n3cnc4c(=O)[nH]c(N)nc43)[C@H](OC)[C@@H]2OP(=O)(O)OC[C@H]2O[C@@H](n3ccc(N)nc3=O)[C@H](OC)[C@@H]2OP(=O)(O)OC[C@H]2O[C@@H](n3cnc4c(N)ncnc43)[C@H](OC)[C@@H]2OP(=O)(O)OC[C@H]2O[C@@H](n3ccc(N)nc3=O)[C@H](OC)[C@@H]2OP(=O)(O)OC[C@H]2O[C@@H](n3cnc4c(-n5nc(C)cc5C)nc(-n5nc(C)cc5C)nc43)[C@H](O)[C@@H]2O)[C@@H](CO)O[C@H]1n1ccc(N)nc1=O. The summed E-state index contributed by atoms with van der Waals surface area (Å²) in [6, 6.07) is 7.13. The molecule has 0 amide bonds. The second-order valence-corrected chi connectivity index (χ2v) is 39.6. The second-order valence-electron chi connectivity index (χ2n) is 32.6. The largest absolute Gasteiger partial charge is 0.472 e. The number of aliphatic hydroxyl groups is 3. The fourth-order valence-corrected chi connectivity index (χ4v) is 21.9. The van der Waals surface area contributed by atoms with Crippen LogP contribution in [0.5, 0.6) is 0 Å². The molecule has 5 unspecified atom stereocenters. The summed E-state index contributed by atoms with van der Waals surface area (Å²) in [5.41, 5.74) is 27.6. The zero-order valence-electron chi connectivity index (χ0n) is 75.4. The molecule has 11 aromatic rings. The van der Waals surface area contributed by atoms with Gasteiger partial charge in [-0.15, -0.1) is 0 Å². The maximum absolute atomic E-state index is 15.0. The summed E-state index contributed by atoms with van der Waals surface area (Å²) in [7, 11) is -23.4. The molecule has 0 aliphatic carbocycles. The highest BCUT2D eigenvalue weighted by Gasteiger charge is 2.59. The van der Waals surface area contributed by atoms with Gasteiger partial charge in [-0.2, -0.15) is 40.1 Å². The third-order valence-corrected chi connectivity index (χ3v) is 28.4. The molecule has 0 radical (unpaired) electrons. The monoisotopic (exact) mass is 2100 g/mol.